The molecule has 1 aliphatic carbocycles. The highest BCUT2D eigenvalue weighted by molar-refractivity contribution is 14.1. The van der Waals surface area contributed by atoms with Crippen molar-refractivity contribution in [2.75, 3.05) is 10.3 Å². The molecule has 4 aromatic rings. The van der Waals surface area contributed by atoms with E-state index in [0.717, 1.165) is 19.2 Å². The SMILES string of the molecule is CCC(Nc1ncnc(I)c1N=CN)c1nc2cccc(F)c2c(=O)n1N(c1ccc(F)cc1)C1CC1. The van der Waals surface area contributed by atoms with Gasteiger partial charge in [0, 0.05) is 0 Å². The lowest BCUT2D eigenvalue weighted by Gasteiger charge is -2.31. The quantitative estimate of drug-likeness (QED) is 0.128. The van der Waals surface area contributed by atoms with Gasteiger partial charge < -0.3 is 11.1 Å². The number of nitrogens with two attached hydrogens (primary N) is 1. The summed E-state index contributed by atoms with van der Waals surface area (Å²) in [5.41, 5.74) is 6.28. The lowest BCUT2D eigenvalue weighted by atomic mass is 10.1. The van der Waals surface area contributed by atoms with Crippen molar-refractivity contribution in [3.63, 3.8) is 0 Å². The van der Waals surface area contributed by atoms with E-state index < -0.39 is 23.2 Å². The van der Waals surface area contributed by atoms with E-state index in [4.69, 9.17) is 10.7 Å². The number of anilines is 2. The van der Waals surface area contributed by atoms with Gasteiger partial charge >= 0.3 is 0 Å². The first-order chi connectivity index (χ1) is 17.9. The average Bonchev–Trinajstić information content (AvgIpc) is 3.72. The maximum Gasteiger partial charge on any atom is 0.283 e. The summed E-state index contributed by atoms with van der Waals surface area (Å²) in [5, 5.41) is 5.00. The molecule has 12 heteroatoms. The summed E-state index contributed by atoms with van der Waals surface area (Å²) in [5.74, 6) is -0.281. The Morgan fingerprint density at radius 3 is 2.68 bits per heavy atom. The van der Waals surface area contributed by atoms with E-state index in [-0.39, 0.29) is 16.9 Å². The van der Waals surface area contributed by atoms with Crippen molar-refractivity contribution in [2.45, 2.75) is 38.3 Å². The van der Waals surface area contributed by atoms with Crippen LogP contribution in [0.2, 0.25) is 0 Å². The predicted molar refractivity (Wildman–Crippen MR) is 147 cm³/mol. The first kappa shape index (κ1) is 25.0. The van der Waals surface area contributed by atoms with Crippen molar-refractivity contribution >= 4 is 57.0 Å². The van der Waals surface area contributed by atoms with E-state index in [2.05, 4.69) is 20.3 Å². The normalized spacial score (nSPS) is 14.3. The molecule has 1 atom stereocenters. The first-order valence-electron chi connectivity index (χ1n) is 11.7. The van der Waals surface area contributed by atoms with Gasteiger partial charge in [0.05, 0.1) is 29.6 Å². The van der Waals surface area contributed by atoms with Gasteiger partial charge in [-0.2, -0.15) is 4.68 Å². The maximum atomic E-state index is 14.9. The molecular weight excluding hydrogens is 593 g/mol. The summed E-state index contributed by atoms with van der Waals surface area (Å²) >= 11 is 2.04. The predicted octanol–water partition coefficient (Wildman–Crippen LogP) is 4.68. The summed E-state index contributed by atoms with van der Waals surface area (Å²) in [7, 11) is 0. The van der Waals surface area contributed by atoms with Crippen LogP contribution < -0.4 is 21.6 Å². The van der Waals surface area contributed by atoms with Crippen LogP contribution in [-0.4, -0.2) is 32.0 Å². The first-order valence-corrected chi connectivity index (χ1v) is 12.8. The van der Waals surface area contributed by atoms with E-state index in [1.165, 1.54) is 35.3 Å². The topological polar surface area (TPSA) is 114 Å². The molecule has 3 N–H and O–H groups in total. The molecule has 0 radical (unpaired) electrons. The number of fused-ring (bicyclic) bond motifs is 1. The fraction of sp³-hybridized carbons (Fsp3) is 0.240. The van der Waals surface area contributed by atoms with Crippen molar-refractivity contribution in [3.8, 4) is 0 Å². The Labute approximate surface area is 224 Å². The molecule has 0 bridgehead atoms. The van der Waals surface area contributed by atoms with Gasteiger partial charge in [-0.15, -0.1) is 0 Å². The minimum atomic E-state index is -0.656. The van der Waals surface area contributed by atoms with Crippen molar-refractivity contribution in [1.29, 1.82) is 0 Å². The standard InChI is InChI=1S/C25H23F2IN8O/c1-2-18(33-23-21(30-12-29)22(28)31-13-32-23)24-34-19-5-3-4-17(27)20(19)25(37)36(24)35(16-10-11-16)15-8-6-14(26)7-9-15/h3-9,12-13,16,18H,2,10-11H2,1H3,(H2,29,30)(H,31,32,33). The zero-order valence-corrected chi connectivity index (χ0v) is 21.9. The number of aromatic nitrogens is 4. The highest BCUT2D eigenvalue weighted by Gasteiger charge is 2.35. The average molecular weight is 616 g/mol. The van der Waals surface area contributed by atoms with E-state index in [1.807, 2.05) is 29.5 Å². The second kappa shape index (κ2) is 10.4. The summed E-state index contributed by atoms with van der Waals surface area (Å²) in [6.45, 7) is 1.93. The third-order valence-electron chi connectivity index (χ3n) is 6.06. The molecule has 1 fully saturated rings. The van der Waals surface area contributed by atoms with Gasteiger partial charge in [-0.1, -0.05) is 13.0 Å². The fourth-order valence-electron chi connectivity index (χ4n) is 4.20. The molecule has 0 saturated heterocycles. The molecule has 1 unspecified atom stereocenters. The van der Waals surface area contributed by atoms with Crippen LogP contribution in [0.25, 0.3) is 10.9 Å². The lowest BCUT2D eigenvalue weighted by molar-refractivity contribution is 0.559. The minimum absolute atomic E-state index is 0.0251. The number of nitrogens with zero attached hydrogens (tertiary/aromatic N) is 6. The van der Waals surface area contributed by atoms with Crippen LogP contribution in [-0.2, 0) is 0 Å². The monoisotopic (exact) mass is 616 g/mol. The summed E-state index contributed by atoms with van der Waals surface area (Å²) in [4.78, 5) is 31.4. The molecule has 1 aliphatic rings. The molecule has 2 aromatic carbocycles. The third-order valence-corrected chi connectivity index (χ3v) is 6.85. The van der Waals surface area contributed by atoms with Crippen LogP contribution in [0, 0.1) is 15.3 Å². The Morgan fingerprint density at radius 2 is 2.00 bits per heavy atom. The number of benzene rings is 2. The van der Waals surface area contributed by atoms with Crippen molar-refractivity contribution in [1.82, 2.24) is 19.6 Å². The second-order valence-corrected chi connectivity index (χ2v) is 9.54. The van der Waals surface area contributed by atoms with Gasteiger partial charge in [0.1, 0.15) is 32.7 Å². The van der Waals surface area contributed by atoms with Gasteiger partial charge in [-0.05, 0) is 78.3 Å². The van der Waals surface area contributed by atoms with Crippen LogP contribution in [0.4, 0.5) is 26.0 Å². The fourth-order valence-corrected chi connectivity index (χ4v) is 4.72. The van der Waals surface area contributed by atoms with Gasteiger partial charge in [0.15, 0.2) is 11.6 Å². The lowest BCUT2D eigenvalue weighted by Crippen LogP contribution is -2.44. The third kappa shape index (κ3) is 4.84. The zero-order chi connectivity index (χ0) is 26.1. The highest BCUT2D eigenvalue weighted by Crippen LogP contribution is 2.35. The highest BCUT2D eigenvalue weighted by atomic mass is 127. The Bertz CT molecular complexity index is 1540. The van der Waals surface area contributed by atoms with E-state index >= 15 is 0 Å². The Kier molecular flexibility index (Phi) is 7.00. The van der Waals surface area contributed by atoms with Crippen LogP contribution in [0.5, 0.6) is 0 Å². The van der Waals surface area contributed by atoms with E-state index in [0.29, 0.717) is 33.1 Å². The van der Waals surface area contributed by atoms with Crippen molar-refractivity contribution in [2.24, 2.45) is 10.7 Å². The molecule has 0 amide bonds. The molecule has 2 heterocycles. The molecule has 0 spiro atoms. The van der Waals surface area contributed by atoms with Gasteiger partial charge in [0.2, 0.25) is 0 Å². The summed E-state index contributed by atoms with van der Waals surface area (Å²) in [6.07, 6.45) is 4.70. The summed E-state index contributed by atoms with van der Waals surface area (Å²) in [6, 6.07) is 9.69. The maximum absolute atomic E-state index is 14.9. The summed E-state index contributed by atoms with van der Waals surface area (Å²) < 4.78 is 30.7. The Balaban J connectivity index is 1.74. The van der Waals surface area contributed by atoms with Crippen LogP contribution in [0.1, 0.15) is 38.1 Å². The van der Waals surface area contributed by atoms with E-state index in [1.54, 1.807) is 23.2 Å². The molecule has 1 saturated carbocycles. The van der Waals surface area contributed by atoms with Crippen LogP contribution >= 0.6 is 22.6 Å². The van der Waals surface area contributed by atoms with E-state index in [9.17, 15) is 13.6 Å². The van der Waals surface area contributed by atoms with Crippen LogP contribution in [0.15, 0.2) is 58.6 Å². The van der Waals surface area contributed by atoms with Gasteiger partial charge in [0.25, 0.3) is 5.56 Å². The van der Waals surface area contributed by atoms with Gasteiger partial charge in [-0.3, -0.25) is 9.80 Å². The molecule has 190 valence electrons. The minimum Gasteiger partial charge on any atom is -0.390 e. The number of hydrogen-bond acceptors (Lipinski definition) is 7. The van der Waals surface area contributed by atoms with Crippen molar-refractivity contribution < 1.29 is 8.78 Å². The zero-order valence-electron chi connectivity index (χ0n) is 19.8. The van der Waals surface area contributed by atoms with Crippen molar-refractivity contribution in [3.05, 3.63) is 80.3 Å². The number of aliphatic imine (C=N–C) groups is 1. The smallest absolute Gasteiger partial charge is 0.283 e. The molecule has 2 aromatic heterocycles. The molecular formula is C25H23F2IN8O. The Morgan fingerprint density at radius 1 is 1.24 bits per heavy atom. The number of nitrogens with one attached hydrogen (secondary N) is 1. The number of halogens is 3. The number of hydrogen-bond donors (Lipinski definition) is 2. The molecule has 5 rings (SSSR count). The largest absolute Gasteiger partial charge is 0.390 e. The molecule has 37 heavy (non-hydrogen) atoms. The second-order valence-electron chi connectivity index (χ2n) is 8.52. The molecule has 0 aliphatic heterocycles. The Hall–Kier alpha value is -3.68. The number of rotatable bonds is 8. The molecule has 9 nitrogen and oxygen atoms in total. The van der Waals surface area contributed by atoms with Gasteiger partial charge in [-0.25, -0.2) is 28.7 Å². The van der Waals surface area contributed by atoms with Crippen LogP contribution in [0.3, 0.4) is 0 Å².